The zero-order valence-corrected chi connectivity index (χ0v) is 19.0. The van der Waals surface area contributed by atoms with Gasteiger partial charge in [-0.3, -0.25) is 14.9 Å². The number of carbonyl (C=O) groups is 2. The van der Waals surface area contributed by atoms with Crippen molar-refractivity contribution in [1.82, 2.24) is 24.8 Å². The zero-order valence-electron chi connectivity index (χ0n) is 17.4. The molecular formula is C23H19N5O3S2. The molecule has 1 aliphatic heterocycles. The number of fused-ring (bicyclic) bond motifs is 1. The number of thioether (sulfide) groups is 1. The fourth-order valence-corrected chi connectivity index (χ4v) is 5.14. The van der Waals surface area contributed by atoms with Crippen molar-refractivity contribution in [3.63, 3.8) is 0 Å². The molecular weight excluding hydrogens is 458 g/mol. The quantitative estimate of drug-likeness (QED) is 0.381. The van der Waals surface area contributed by atoms with E-state index >= 15 is 0 Å². The predicted octanol–water partition coefficient (Wildman–Crippen LogP) is 3.95. The van der Waals surface area contributed by atoms with E-state index in [-0.39, 0.29) is 16.4 Å². The summed E-state index contributed by atoms with van der Waals surface area (Å²) in [6, 6.07) is 17.6. The van der Waals surface area contributed by atoms with Crippen molar-refractivity contribution in [1.29, 1.82) is 0 Å². The largest absolute Gasteiger partial charge is 0.492 e. The molecule has 4 aromatic rings. The average molecular weight is 478 g/mol. The van der Waals surface area contributed by atoms with Crippen LogP contribution in [-0.2, 0) is 17.8 Å². The number of hydrogen-bond acceptors (Lipinski definition) is 8. The minimum Gasteiger partial charge on any atom is -0.492 e. The summed E-state index contributed by atoms with van der Waals surface area (Å²) in [6.45, 7) is 1.04. The highest BCUT2D eigenvalue weighted by Crippen LogP contribution is 2.30. The Morgan fingerprint density at radius 1 is 1.03 bits per heavy atom. The Bertz CT molecular complexity index is 1290. The van der Waals surface area contributed by atoms with Crippen LogP contribution >= 0.6 is 23.5 Å². The van der Waals surface area contributed by atoms with Crippen LogP contribution in [0.4, 0.5) is 4.79 Å². The standard InChI is InChI=1S/C23H19N5O3S2/c29-21-18(33-23(30)27-21)12-15-6-8-16(9-7-15)31-11-10-28-14-26-19-20(28)24-13-25-22(19)32-17-4-2-1-3-5-17/h1-9,13-14,18H,10-12H2,(H,27,29,30). The first kappa shape index (κ1) is 21.5. The molecule has 0 bridgehead atoms. The molecule has 1 saturated heterocycles. The number of amides is 2. The van der Waals surface area contributed by atoms with Gasteiger partial charge in [-0.15, -0.1) is 0 Å². The molecule has 2 amide bonds. The van der Waals surface area contributed by atoms with E-state index in [9.17, 15) is 9.59 Å². The average Bonchev–Trinajstić information content (AvgIpc) is 3.38. The molecule has 1 aliphatic rings. The molecule has 0 spiro atoms. The van der Waals surface area contributed by atoms with Gasteiger partial charge < -0.3 is 9.30 Å². The summed E-state index contributed by atoms with van der Waals surface area (Å²) in [4.78, 5) is 37.4. The van der Waals surface area contributed by atoms with Gasteiger partial charge in [0.25, 0.3) is 5.24 Å². The normalized spacial score (nSPS) is 15.7. The van der Waals surface area contributed by atoms with Gasteiger partial charge in [0.2, 0.25) is 5.91 Å². The molecule has 2 aromatic carbocycles. The smallest absolute Gasteiger partial charge is 0.286 e. The van der Waals surface area contributed by atoms with Crippen LogP contribution in [0.2, 0.25) is 0 Å². The first-order valence-corrected chi connectivity index (χ1v) is 12.0. The number of ether oxygens (including phenoxy) is 1. The lowest BCUT2D eigenvalue weighted by atomic mass is 10.1. The maximum Gasteiger partial charge on any atom is 0.286 e. The minimum absolute atomic E-state index is 0.230. The van der Waals surface area contributed by atoms with E-state index in [4.69, 9.17) is 4.74 Å². The summed E-state index contributed by atoms with van der Waals surface area (Å²) in [7, 11) is 0. The zero-order chi connectivity index (χ0) is 22.6. The highest BCUT2D eigenvalue weighted by Gasteiger charge is 2.31. The summed E-state index contributed by atoms with van der Waals surface area (Å²) >= 11 is 2.60. The maximum absolute atomic E-state index is 11.7. The van der Waals surface area contributed by atoms with E-state index in [0.717, 1.165) is 44.2 Å². The van der Waals surface area contributed by atoms with E-state index in [1.165, 1.54) is 0 Å². The molecule has 0 radical (unpaired) electrons. The number of hydrogen-bond donors (Lipinski definition) is 1. The van der Waals surface area contributed by atoms with Gasteiger partial charge in [-0.05, 0) is 36.2 Å². The third kappa shape index (κ3) is 5.01. The second kappa shape index (κ2) is 9.63. The van der Waals surface area contributed by atoms with Gasteiger partial charge >= 0.3 is 0 Å². The number of nitrogens with one attached hydrogen (secondary N) is 1. The molecule has 5 rings (SSSR count). The van der Waals surface area contributed by atoms with Crippen molar-refractivity contribution in [2.24, 2.45) is 0 Å². The number of aromatic nitrogens is 4. The highest BCUT2D eigenvalue weighted by atomic mass is 32.2. The van der Waals surface area contributed by atoms with Gasteiger partial charge in [-0.25, -0.2) is 15.0 Å². The van der Waals surface area contributed by atoms with Crippen LogP contribution in [0.3, 0.4) is 0 Å². The number of rotatable bonds is 8. The van der Waals surface area contributed by atoms with Gasteiger partial charge in [-0.2, -0.15) is 0 Å². The van der Waals surface area contributed by atoms with Crippen molar-refractivity contribution >= 4 is 45.8 Å². The number of benzene rings is 2. The first-order chi connectivity index (χ1) is 16.2. The van der Waals surface area contributed by atoms with Crippen molar-refractivity contribution < 1.29 is 14.3 Å². The van der Waals surface area contributed by atoms with Gasteiger partial charge in [0.15, 0.2) is 5.65 Å². The second-order valence-electron chi connectivity index (χ2n) is 7.28. The van der Waals surface area contributed by atoms with Crippen LogP contribution in [0.25, 0.3) is 11.2 Å². The third-order valence-electron chi connectivity index (χ3n) is 5.04. The van der Waals surface area contributed by atoms with Crippen LogP contribution in [0.1, 0.15) is 5.56 Å². The van der Waals surface area contributed by atoms with Crippen molar-refractivity contribution in [2.45, 2.75) is 28.1 Å². The van der Waals surface area contributed by atoms with Crippen molar-refractivity contribution in [2.75, 3.05) is 6.61 Å². The second-order valence-corrected chi connectivity index (χ2v) is 9.52. The van der Waals surface area contributed by atoms with Crippen LogP contribution < -0.4 is 10.1 Å². The molecule has 0 aliphatic carbocycles. The number of imidazole rings is 1. The molecule has 1 N–H and O–H groups in total. The number of imide groups is 1. The van der Waals surface area contributed by atoms with Gasteiger partial charge in [0, 0.05) is 4.90 Å². The summed E-state index contributed by atoms with van der Waals surface area (Å²) < 4.78 is 7.83. The number of carbonyl (C=O) groups excluding carboxylic acids is 2. The minimum atomic E-state index is -0.370. The third-order valence-corrected chi connectivity index (χ3v) is 7.02. The predicted molar refractivity (Wildman–Crippen MR) is 126 cm³/mol. The molecule has 33 heavy (non-hydrogen) atoms. The lowest BCUT2D eigenvalue weighted by molar-refractivity contribution is -0.118. The Morgan fingerprint density at radius 3 is 2.61 bits per heavy atom. The Kier molecular flexibility index (Phi) is 6.27. The lowest BCUT2D eigenvalue weighted by Crippen LogP contribution is -2.25. The molecule has 10 heteroatoms. The maximum atomic E-state index is 11.7. The van der Waals surface area contributed by atoms with Crippen LogP contribution in [0.15, 0.2) is 77.2 Å². The summed E-state index contributed by atoms with van der Waals surface area (Å²) in [5.41, 5.74) is 2.51. The molecule has 1 atom stereocenters. The lowest BCUT2D eigenvalue weighted by Gasteiger charge is -2.09. The van der Waals surface area contributed by atoms with Gasteiger partial charge in [0.1, 0.15) is 29.2 Å². The van der Waals surface area contributed by atoms with Crippen LogP contribution in [0.5, 0.6) is 5.75 Å². The molecule has 3 heterocycles. The van der Waals surface area contributed by atoms with E-state index < -0.39 is 0 Å². The van der Waals surface area contributed by atoms with Gasteiger partial charge in [0.05, 0.1) is 18.1 Å². The fraction of sp³-hybridized carbons (Fsp3) is 0.174. The van der Waals surface area contributed by atoms with E-state index in [0.29, 0.717) is 19.6 Å². The molecule has 2 aromatic heterocycles. The highest BCUT2D eigenvalue weighted by molar-refractivity contribution is 8.15. The van der Waals surface area contributed by atoms with E-state index in [1.54, 1.807) is 24.4 Å². The van der Waals surface area contributed by atoms with Crippen molar-refractivity contribution in [3.05, 3.63) is 72.8 Å². The Balaban J connectivity index is 1.19. The first-order valence-electron chi connectivity index (χ1n) is 10.3. The van der Waals surface area contributed by atoms with Crippen molar-refractivity contribution in [3.8, 4) is 5.75 Å². The van der Waals surface area contributed by atoms with Crippen LogP contribution in [-0.4, -0.2) is 42.5 Å². The van der Waals surface area contributed by atoms with E-state index in [2.05, 4.69) is 20.3 Å². The Labute approximate surface area is 198 Å². The summed E-state index contributed by atoms with van der Waals surface area (Å²) in [5.74, 6) is 0.504. The molecule has 1 fully saturated rings. The molecule has 0 saturated carbocycles. The van der Waals surface area contributed by atoms with E-state index in [1.807, 2.05) is 59.2 Å². The molecule has 8 nitrogen and oxygen atoms in total. The number of nitrogens with zero attached hydrogens (tertiary/aromatic N) is 4. The SMILES string of the molecule is O=C1NC(=O)C(Cc2ccc(OCCn3cnc4c(Sc5ccccc5)ncnc43)cc2)S1. The topological polar surface area (TPSA) is 99.0 Å². The van der Waals surface area contributed by atoms with Crippen LogP contribution in [0, 0.1) is 0 Å². The molecule has 1 unspecified atom stereocenters. The summed E-state index contributed by atoms with van der Waals surface area (Å²) in [5, 5.41) is 2.47. The Hall–Kier alpha value is -3.37. The Morgan fingerprint density at radius 2 is 1.85 bits per heavy atom. The fourth-order valence-electron chi connectivity index (χ4n) is 3.42. The summed E-state index contributed by atoms with van der Waals surface area (Å²) in [6.07, 6.45) is 3.82. The molecule has 166 valence electrons. The van der Waals surface area contributed by atoms with Gasteiger partial charge in [-0.1, -0.05) is 53.9 Å². The monoisotopic (exact) mass is 477 g/mol.